The lowest BCUT2D eigenvalue weighted by Gasteiger charge is -2.13. The van der Waals surface area contributed by atoms with E-state index in [2.05, 4.69) is 21.2 Å². The van der Waals surface area contributed by atoms with Gasteiger partial charge in [0.15, 0.2) is 0 Å². The van der Waals surface area contributed by atoms with Gasteiger partial charge in [-0.05, 0) is 30.5 Å². The molecule has 16 heavy (non-hydrogen) atoms. The van der Waals surface area contributed by atoms with Crippen LogP contribution in [-0.4, -0.2) is 12.5 Å². The van der Waals surface area contributed by atoms with Gasteiger partial charge in [0, 0.05) is 17.3 Å². The zero-order chi connectivity index (χ0) is 11.5. The Bertz CT molecular complexity index is 379. The van der Waals surface area contributed by atoms with E-state index in [0.29, 0.717) is 0 Å². The molecule has 1 aromatic rings. The average Bonchev–Trinajstić information content (AvgIpc) is 2.65. The van der Waals surface area contributed by atoms with Crippen LogP contribution in [-0.2, 0) is 4.79 Å². The smallest absolute Gasteiger partial charge is 0.223 e. The molecule has 2 atom stereocenters. The predicted molar refractivity (Wildman–Crippen MR) is 63.8 cm³/mol. The minimum absolute atomic E-state index is 0.0782. The van der Waals surface area contributed by atoms with Crippen molar-refractivity contribution in [2.45, 2.75) is 17.7 Å². The molecule has 2 nitrogen and oxygen atoms in total. The summed E-state index contributed by atoms with van der Waals surface area (Å²) in [5.41, 5.74) is 1.01. The summed E-state index contributed by atoms with van der Waals surface area (Å²) in [5.74, 6) is -0.0250. The Kier molecular flexibility index (Phi) is 3.59. The zero-order valence-electron chi connectivity index (χ0n) is 8.75. The van der Waals surface area contributed by atoms with E-state index in [9.17, 15) is 9.18 Å². The van der Waals surface area contributed by atoms with E-state index in [1.165, 1.54) is 12.1 Å². The first-order valence-corrected chi connectivity index (χ1v) is 6.25. The number of carbonyl (C=O) groups is 1. The minimum atomic E-state index is -0.234. The monoisotopic (exact) mass is 285 g/mol. The molecule has 1 N–H and O–H groups in total. The lowest BCUT2D eigenvalue weighted by atomic mass is 9.98. The Hall–Kier alpha value is -0.900. The summed E-state index contributed by atoms with van der Waals surface area (Å²) in [6.07, 6.45) is 1.65. The van der Waals surface area contributed by atoms with E-state index >= 15 is 0 Å². The highest BCUT2D eigenvalue weighted by atomic mass is 79.9. The summed E-state index contributed by atoms with van der Waals surface area (Å²) in [5, 5.41) is 2.82. The number of nitrogens with one attached hydrogen (secondary N) is 1. The van der Waals surface area contributed by atoms with Crippen LogP contribution in [0.4, 0.5) is 4.39 Å². The highest BCUT2D eigenvalue weighted by molar-refractivity contribution is 9.09. The van der Waals surface area contributed by atoms with Crippen LogP contribution in [0.5, 0.6) is 0 Å². The molecule has 0 aliphatic carbocycles. The minimum Gasteiger partial charge on any atom is -0.356 e. The van der Waals surface area contributed by atoms with Crippen LogP contribution in [0.25, 0.3) is 0 Å². The summed E-state index contributed by atoms with van der Waals surface area (Å²) >= 11 is 3.55. The van der Waals surface area contributed by atoms with Crippen molar-refractivity contribution in [1.29, 1.82) is 0 Å². The third-order valence-electron chi connectivity index (χ3n) is 2.89. The van der Waals surface area contributed by atoms with Gasteiger partial charge < -0.3 is 5.32 Å². The Labute approximate surface area is 102 Å². The van der Waals surface area contributed by atoms with Crippen molar-refractivity contribution in [3.8, 4) is 0 Å². The quantitative estimate of drug-likeness (QED) is 0.851. The van der Waals surface area contributed by atoms with Crippen molar-refractivity contribution < 1.29 is 9.18 Å². The van der Waals surface area contributed by atoms with Gasteiger partial charge in [0.25, 0.3) is 0 Å². The molecule has 2 rings (SSSR count). The van der Waals surface area contributed by atoms with E-state index in [1.807, 2.05) is 0 Å². The van der Waals surface area contributed by atoms with Crippen LogP contribution >= 0.6 is 15.9 Å². The molecule has 1 aromatic carbocycles. The molecule has 0 bridgehead atoms. The normalized spacial score (nSPS) is 21.9. The molecule has 4 heteroatoms. The maximum atomic E-state index is 12.7. The topological polar surface area (TPSA) is 29.1 Å². The third-order valence-corrected chi connectivity index (χ3v) is 3.79. The Morgan fingerprint density at radius 2 is 2.12 bits per heavy atom. The average molecular weight is 286 g/mol. The molecule has 1 aliphatic heterocycles. The Balaban J connectivity index is 1.99. The first-order valence-electron chi connectivity index (χ1n) is 5.34. The number of halogens is 2. The van der Waals surface area contributed by atoms with E-state index in [1.54, 1.807) is 12.1 Å². The van der Waals surface area contributed by atoms with E-state index < -0.39 is 0 Å². The molecule has 1 unspecified atom stereocenters. The summed E-state index contributed by atoms with van der Waals surface area (Å²) in [4.78, 5) is 11.5. The largest absolute Gasteiger partial charge is 0.356 e. The number of rotatable bonds is 3. The molecule has 1 fully saturated rings. The van der Waals surface area contributed by atoms with Gasteiger partial charge in [0.05, 0.1) is 0 Å². The van der Waals surface area contributed by atoms with Gasteiger partial charge >= 0.3 is 0 Å². The Morgan fingerprint density at radius 1 is 1.44 bits per heavy atom. The molecule has 1 aliphatic rings. The van der Waals surface area contributed by atoms with Gasteiger partial charge in [-0.15, -0.1) is 0 Å². The fourth-order valence-corrected chi connectivity index (χ4v) is 2.68. The van der Waals surface area contributed by atoms with E-state index in [0.717, 1.165) is 24.9 Å². The predicted octanol–water partition coefficient (Wildman–Crippen LogP) is 2.79. The third kappa shape index (κ3) is 2.61. The fourth-order valence-electron chi connectivity index (χ4n) is 1.93. The van der Waals surface area contributed by atoms with Gasteiger partial charge in [0.2, 0.25) is 5.91 Å². The summed E-state index contributed by atoms with van der Waals surface area (Å²) in [6, 6.07) is 6.39. The van der Waals surface area contributed by atoms with Crippen LogP contribution in [0.3, 0.4) is 0 Å². The first-order chi connectivity index (χ1) is 7.66. The van der Waals surface area contributed by atoms with Gasteiger partial charge in [-0.2, -0.15) is 0 Å². The highest BCUT2D eigenvalue weighted by Crippen LogP contribution is 2.32. The summed E-state index contributed by atoms with van der Waals surface area (Å²) in [7, 11) is 0. The molecule has 0 saturated carbocycles. The molecule has 1 amide bonds. The molecular formula is C12H13BrFNO. The van der Waals surface area contributed by atoms with Crippen molar-refractivity contribution in [2.24, 2.45) is 5.92 Å². The molecule has 86 valence electrons. The van der Waals surface area contributed by atoms with Crippen LogP contribution in [0, 0.1) is 11.7 Å². The lowest BCUT2D eigenvalue weighted by Crippen LogP contribution is -2.19. The van der Waals surface area contributed by atoms with Crippen LogP contribution in [0.2, 0.25) is 0 Å². The second-order valence-electron chi connectivity index (χ2n) is 4.03. The van der Waals surface area contributed by atoms with Gasteiger partial charge in [-0.1, -0.05) is 28.1 Å². The fraction of sp³-hybridized carbons (Fsp3) is 0.417. The van der Waals surface area contributed by atoms with Crippen LogP contribution in [0.15, 0.2) is 24.3 Å². The summed E-state index contributed by atoms with van der Waals surface area (Å²) in [6.45, 7) is 0.770. The number of benzene rings is 1. The molecule has 0 radical (unpaired) electrons. The van der Waals surface area contributed by atoms with Crippen molar-refractivity contribution in [1.82, 2.24) is 5.32 Å². The summed E-state index contributed by atoms with van der Waals surface area (Å²) < 4.78 is 12.7. The Morgan fingerprint density at radius 3 is 2.69 bits per heavy atom. The molecular weight excluding hydrogens is 273 g/mol. The lowest BCUT2D eigenvalue weighted by molar-refractivity contribution is -0.122. The van der Waals surface area contributed by atoms with Crippen LogP contribution < -0.4 is 5.32 Å². The maximum Gasteiger partial charge on any atom is 0.223 e. The molecule has 0 aromatic heterocycles. The number of hydrogen-bond donors (Lipinski definition) is 1. The SMILES string of the molecule is O=C1NCCC1C[C@H](Br)c1ccc(F)cc1. The number of carbonyl (C=O) groups excluding carboxylic acids is 1. The first kappa shape index (κ1) is 11.6. The molecule has 0 spiro atoms. The second kappa shape index (κ2) is 4.95. The highest BCUT2D eigenvalue weighted by Gasteiger charge is 2.26. The van der Waals surface area contributed by atoms with Gasteiger partial charge in [0.1, 0.15) is 5.82 Å². The van der Waals surface area contributed by atoms with E-state index in [-0.39, 0.29) is 22.5 Å². The molecule has 1 saturated heterocycles. The second-order valence-corrected chi connectivity index (χ2v) is 5.14. The maximum absolute atomic E-state index is 12.7. The van der Waals surface area contributed by atoms with Gasteiger partial charge in [-0.25, -0.2) is 4.39 Å². The van der Waals surface area contributed by atoms with Crippen molar-refractivity contribution in [3.63, 3.8) is 0 Å². The van der Waals surface area contributed by atoms with E-state index in [4.69, 9.17) is 0 Å². The standard InChI is InChI=1S/C12H13BrFNO/c13-11(7-9-5-6-15-12(9)16)8-1-3-10(14)4-2-8/h1-4,9,11H,5-7H2,(H,15,16)/t9?,11-/m0/s1. The zero-order valence-corrected chi connectivity index (χ0v) is 10.3. The molecule has 1 heterocycles. The van der Waals surface area contributed by atoms with Crippen LogP contribution in [0.1, 0.15) is 23.2 Å². The number of alkyl halides is 1. The van der Waals surface area contributed by atoms with Crippen molar-refractivity contribution in [2.75, 3.05) is 6.54 Å². The van der Waals surface area contributed by atoms with Crippen molar-refractivity contribution in [3.05, 3.63) is 35.6 Å². The number of amides is 1. The number of hydrogen-bond acceptors (Lipinski definition) is 1. The van der Waals surface area contributed by atoms with Gasteiger partial charge in [-0.3, -0.25) is 4.79 Å². The van der Waals surface area contributed by atoms with Crippen molar-refractivity contribution >= 4 is 21.8 Å².